The van der Waals surface area contributed by atoms with E-state index in [0.717, 1.165) is 19.3 Å². The van der Waals surface area contributed by atoms with Gasteiger partial charge in [-0.3, -0.25) is 10.1 Å². The summed E-state index contributed by atoms with van der Waals surface area (Å²) in [6, 6.07) is 2.99. The van der Waals surface area contributed by atoms with Crippen LogP contribution < -0.4 is 5.32 Å². The zero-order chi connectivity index (χ0) is 13.2. The van der Waals surface area contributed by atoms with E-state index in [0.29, 0.717) is 0 Å². The first-order chi connectivity index (χ1) is 8.60. The van der Waals surface area contributed by atoms with Crippen LogP contribution in [-0.2, 0) is 0 Å². The van der Waals surface area contributed by atoms with Gasteiger partial charge < -0.3 is 10.4 Å². The van der Waals surface area contributed by atoms with Crippen LogP contribution in [0.1, 0.15) is 24.8 Å². The largest absolute Gasteiger partial charge is 0.394 e. The van der Waals surface area contributed by atoms with Gasteiger partial charge in [0.2, 0.25) is 5.82 Å². The molecule has 18 heavy (non-hydrogen) atoms. The first-order valence-electron chi connectivity index (χ1n) is 5.54. The number of aliphatic hydroxyl groups is 1. The van der Waals surface area contributed by atoms with Crippen molar-refractivity contribution in [3.05, 3.63) is 27.9 Å². The van der Waals surface area contributed by atoms with Crippen molar-refractivity contribution in [1.82, 2.24) is 4.98 Å². The van der Waals surface area contributed by atoms with Gasteiger partial charge in [-0.1, -0.05) is 0 Å². The first kappa shape index (κ1) is 12.3. The third-order valence-corrected chi connectivity index (χ3v) is 3.19. The van der Waals surface area contributed by atoms with Crippen LogP contribution in [0.5, 0.6) is 0 Å². The minimum absolute atomic E-state index is 0.0914. The molecule has 7 heteroatoms. The summed E-state index contributed by atoms with van der Waals surface area (Å²) >= 11 is 0. The topological polar surface area (TPSA) is 112 Å². The van der Waals surface area contributed by atoms with E-state index in [1.54, 1.807) is 0 Å². The number of nitrogens with zero attached hydrogens (tertiary/aromatic N) is 3. The van der Waals surface area contributed by atoms with E-state index < -0.39 is 10.5 Å². The lowest BCUT2D eigenvalue weighted by Crippen LogP contribution is -2.48. The number of hydrogen-bond acceptors (Lipinski definition) is 6. The van der Waals surface area contributed by atoms with Crippen LogP contribution in [0.25, 0.3) is 0 Å². The highest BCUT2D eigenvalue weighted by atomic mass is 16.6. The minimum atomic E-state index is -0.583. The summed E-state index contributed by atoms with van der Waals surface area (Å²) in [6.45, 7) is -0.0914. The number of rotatable bonds is 4. The molecule has 0 unspecified atom stereocenters. The maximum atomic E-state index is 10.9. The summed E-state index contributed by atoms with van der Waals surface area (Å²) in [5.41, 5.74) is -0.612. The zero-order valence-electron chi connectivity index (χ0n) is 9.59. The molecule has 2 rings (SSSR count). The summed E-state index contributed by atoms with van der Waals surface area (Å²) < 4.78 is 0. The van der Waals surface area contributed by atoms with E-state index in [1.165, 1.54) is 12.3 Å². The van der Waals surface area contributed by atoms with Crippen LogP contribution >= 0.6 is 0 Å². The molecule has 2 N–H and O–H groups in total. The maximum absolute atomic E-state index is 10.9. The molecular weight excluding hydrogens is 236 g/mol. The highest BCUT2D eigenvalue weighted by Crippen LogP contribution is 2.36. The van der Waals surface area contributed by atoms with Crippen molar-refractivity contribution in [3.8, 4) is 6.07 Å². The van der Waals surface area contributed by atoms with E-state index in [1.807, 2.05) is 6.07 Å². The molecule has 1 heterocycles. The Kier molecular flexibility index (Phi) is 3.12. The number of aromatic nitrogens is 1. The number of hydrogen-bond donors (Lipinski definition) is 2. The molecule has 0 spiro atoms. The van der Waals surface area contributed by atoms with Gasteiger partial charge in [0.1, 0.15) is 6.07 Å². The summed E-state index contributed by atoms with van der Waals surface area (Å²) in [5.74, 6) is 0.104. The molecule has 1 saturated carbocycles. The van der Waals surface area contributed by atoms with Gasteiger partial charge in [0, 0.05) is 12.3 Å². The van der Waals surface area contributed by atoms with Gasteiger partial charge in [0.25, 0.3) is 0 Å². The quantitative estimate of drug-likeness (QED) is 0.611. The summed E-state index contributed by atoms with van der Waals surface area (Å²) in [7, 11) is 0. The van der Waals surface area contributed by atoms with Gasteiger partial charge in [-0.2, -0.15) is 5.26 Å². The minimum Gasteiger partial charge on any atom is -0.394 e. The molecule has 0 aromatic carbocycles. The molecule has 1 aromatic heterocycles. The SMILES string of the molecule is N#Cc1cnc(NC2(CO)CCC2)c([N+](=O)[O-])c1. The Balaban J connectivity index is 2.33. The number of aliphatic hydroxyl groups excluding tert-OH is 1. The Labute approximate surface area is 103 Å². The summed E-state index contributed by atoms with van der Waals surface area (Å²) in [5, 5.41) is 31.9. The number of nitriles is 1. The van der Waals surface area contributed by atoms with Crippen molar-refractivity contribution < 1.29 is 10.0 Å². The Morgan fingerprint density at radius 1 is 1.67 bits per heavy atom. The van der Waals surface area contributed by atoms with Crippen LogP contribution in [0.4, 0.5) is 11.5 Å². The zero-order valence-corrected chi connectivity index (χ0v) is 9.59. The van der Waals surface area contributed by atoms with E-state index in [4.69, 9.17) is 5.26 Å². The van der Waals surface area contributed by atoms with Gasteiger partial charge in [0.05, 0.1) is 22.6 Å². The van der Waals surface area contributed by atoms with Crippen molar-refractivity contribution in [2.75, 3.05) is 11.9 Å². The van der Waals surface area contributed by atoms with Gasteiger partial charge in [-0.25, -0.2) is 4.98 Å². The lowest BCUT2D eigenvalue weighted by Gasteiger charge is -2.41. The highest BCUT2D eigenvalue weighted by molar-refractivity contribution is 5.59. The van der Waals surface area contributed by atoms with Gasteiger partial charge >= 0.3 is 5.69 Å². The fourth-order valence-corrected chi connectivity index (χ4v) is 1.93. The van der Waals surface area contributed by atoms with Crippen molar-refractivity contribution in [3.63, 3.8) is 0 Å². The predicted molar refractivity (Wildman–Crippen MR) is 62.9 cm³/mol. The molecule has 1 aliphatic carbocycles. The number of anilines is 1. The normalized spacial score (nSPS) is 16.4. The van der Waals surface area contributed by atoms with Crippen LogP contribution in [0.2, 0.25) is 0 Å². The third-order valence-electron chi connectivity index (χ3n) is 3.19. The van der Waals surface area contributed by atoms with Crippen LogP contribution in [0.3, 0.4) is 0 Å². The molecule has 0 bridgehead atoms. The average molecular weight is 248 g/mol. The highest BCUT2D eigenvalue weighted by Gasteiger charge is 2.38. The molecule has 1 aliphatic rings. The molecule has 1 aromatic rings. The van der Waals surface area contributed by atoms with Crippen LogP contribution in [0.15, 0.2) is 12.3 Å². The molecule has 1 fully saturated rings. The van der Waals surface area contributed by atoms with Gasteiger partial charge in [-0.15, -0.1) is 0 Å². The molecule has 94 valence electrons. The third kappa shape index (κ3) is 2.10. The fourth-order valence-electron chi connectivity index (χ4n) is 1.93. The maximum Gasteiger partial charge on any atom is 0.312 e. The lowest BCUT2D eigenvalue weighted by molar-refractivity contribution is -0.384. The smallest absolute Gasteiger partial charge is 0.312 e. The fraction of sp³-hybridized carbons (Fsp3) is 0.455. The second-order valence-electron chi connectivity index (χ2n) is 4.38. The monoisotopic (exact) mass is 248 g/mol. The van der Waals surface area contributed by atoms with Crippen LogP contribution in [0, 0.1) is 21.4 Å². The average Bonchev–Trinajstić information content (AvgIpc) is 2.33. The van der Waals surface area contributed by atoms with E-state index >= 15 is 0 Å². The Morgan fingerprint density at radius 2 is 2.39 bits per heavy atom. The van der Waals surface area contributed by atoms with Gasteiger partial charge in [-0.05, 0) is 19.3 Å². The van der Waals surface area contributed by atoms with E-state index in [2.05, 4.69) is 10.3 Å². The molecule has 0 saturated heterocycles. The Bertz CT molecular complexity index is 514. The lowest BCUT2D eigenvalue weighted by atomic mass is 9.77. The number of nitro groups is 1. The molecule has 0 aliphatic heterocycles. The van der Waals surface area contributed by atoms with E-state index in [-0.39, 0.29) is 23.7 Å². The second-order valence-corrected chi connectivity index (χ2v) is 4.38. The summed E-state index contributed by atoms with van der Waals surface area (Å²) in [4.78, 5) is 14.2. The second kappa shape index (κ2) is 4.58. The summed E-state index contributed by atoms with van der Waals surface area (Å²) in [6.07, 6.45) is 3.75. The van der Waals surface area contributed by atoms with Gasteiger partial charge in [0.15, 0.2) is 0 Å². The van der Waals surface area contributed by atoms with Crippen molar-refractivity contribution in [2.24, 2.45) is 0 Å². The molecular formula is C11H12N4O3. The molecule has 7 nitrogen and oxygen atoms in total. The first-order valence-corrected chi connectivity index (χ1v) is 5.54. The van der Waals surface area contributed by atoms with E-state index in [9.17, 15) is 15.2 Å². The number of pyridine rings is 1. The van der Waals surface area contributed by atoms with Crippen molar-refractivity contribution >= 4 is 11.5 Å². The van der Waals surface area contributed by atoms with Crippen molar-refractivity contribution in [1.29, 1.82) is 5.26 Å². The Morgan fingerprint density at radius 3 is 2.83 bits per heavy atom. The van der Waals surface area contributed by atoms with Crippen LogP contribution in [-0.4, -0.2) is 27.2 Å². The Hall–Kier alpha value is -2.20. The molecule has 0 amide bonds. The molecule has 0 radical (unpaired) electrons. The molecule has 0 atom stereocenters. The number of nitrogens with one attached hydrogen (secondary N) is 1. The van der Waals surface area contributed by atoms with Crippen molar-refractivity contribution in [2.45, 2.75) is 24.8 Å². The predicted octanol–water partition coefficient (Wildman–Crippen LogP) is 1.19. The standard InChI is InChI=1S/C11H12N4O3/c12-5-8-4-9(15(17)18)10(13-6-8)14-11(7-16)2-1-3-11/h4,6,16H,1-3,7H2,(H,13,14).